The van der Waals surface area contributed by atoms with Crippen molar-refractivity contribution in [1.82, 2.24) is 0 Å². The van der Waals surface area contributed by atoms with Crippen LogP contribution in [-0.4, -0.2) is 12.6 Å². The molecule has 0 aliphatic heterocycles. The number of esters is 1. The molecule has 0 amide bonds. The zero-order valence-corrected chi connectivity index (χ0v) is 5.55. The third-order valence-corrected chi connectivity index (χ3v) is 0.785. The van der Waals surface area contributed by atoms with Gasteiger partial charge in [-0.1, -0.05) is 12.7 Å². The van der Waals surface area contributed by atoms with Crippen molar-refractivity contribution in [2.75, 3.05) is 6.61 Å². The molecule has 0 unspecified atom stereocenters. The second kappa shape index (κ2) is 6.01. The Morgan fingerprint density at radius 2 is 2.40 bits per heavy atom. The monoisotopic (exact) mass is 144 g/mol. The van der Waals surface area contributed by atoms with Gasteiger partial charge in [0.05, 0.1) is 12.9 Å². The maximum atomic E-state index is 11.3. The lowest BCUT2D eigenvalue weighted by Gasteiger charge is -1.95. The lowest BCUT2D eigenvalue weighted by Crippen LogP contribution is -2.00. The fraction of sp³-hybridized carbons (Fsp3) is 0.286. The minimum atomic E-state index is -0.479. The summed E-state index contributed by atoms with van der Waals surface area (Å²) in [4.78, 5) is 10.3. The number of hydrogen-bond acceptors (Lipinski definition) is 2. The van der Waals surface area contributed by atoms with Gasteiger partial charge in [-0.3, -0.25) is 0 Å². The first kappa shape index (κ1) is 8.88. The number of carbonyl (C=O) groups is 1. The van der Waals surface area contributed by atoms with Gasteiger partial charge in [0.25, 0.3) is 0 Å². The molecule has 56 valence electrons. The van der Waals surface area contributed by atoms with Gasteiger partial charge in [-0.05, 0) is 0 Å². The zero-order chi connectivity index (χ0) is 7.82. The molecular formula is C7H9FO2. The van der Waals surface area contributed by atoms with E-state index in [1.54, 1.807) is 0 Å². The second-order valence-electron chi connectivity index (χ2n) is 1.52. The van der Waals surface area contributed by atoms with Crippen LogP contribution in [0.1, 0.15) is 6.42 Å². The topological polar surface area (TPSA) is 26.3 Å². The standard InChI is InChI=1S/C7H9FO2/c1-2-7(9)10-6-4-3-5-8/h2-3,5H,1,4,6H2. The lowest BCUT2D eigenvalue weighted by atomic mass is 10.4. The molecule has 3 heteroatoms. The Balaban J connectivity index is 3.19. The van der Waals surface area contributed by atoms with Gasteiger partial charge in [-0.25, -0.2) is 9.18 Å². The van der Waals surface area contributed by atoms with Crippen molar-refractivity contribution in [2.24, 2.45) is 0 Å². The van der Waals surface area contributed by atoms with E-state index in [0.29, 0.717) is 12.8 Å². The second-order valence-corrected chi connectivity index (χ2v) is 1.52. The molecule has 0 bridgehead atoms. The van der Waals surface area contributed by atoms with E-state index >= 15 is 0 Å². The van der Waals surface area contributed by atoms with Crippen LogP contribution in [-0.2, 0) is 9.53 Å². The van der Waals surface area contributed by atoms with Crippen molar-refractivity contribution in [3.05, 3.63) is 25.1 Å². The molecule has 0 atom stereocenters. The minimum absolute atomic E-state index is 0.200. The molecule has 2 nitrogen and oxygen atoms in total. The molecule has 0 aliphatic carbocycles. The van der Waals surface area contributed by atoms with E-state index in [4.69, 9.17) is 0 Å². The van der Waals surface area contributed by atoms with Gasteiger partial charge in [0.1, 0.15) is 0 Å². The fourth-order valence-corrected chi connectivity index (χ4v) is 0.349. The SMILES string of the molecule is C=CC(=O)OCCC=CF. The average molecular weight is 144 g/mol. The number of carbonyl (C=O) groups excluding carboxylic acids is 1. The van der Waals surface area contributed by atoms with Crippen LogP contribution >= 0.6 is 0 Å². The molecule has 0 saturated heterocycles. The van der Waals surface area contributed by atoms with Crippen LogP contribution in [0.3, 0.4) is 0 Å². The molecule has 0 rings (SSSR count). The van der Waals surface area contributed by atoms with Crippen LogP contribution in [0.25, 0.3) is 0 Å². The first-order chi connectivity index (χ1) is 4.81. The van der Waals surface area contributed by atoms with Gasteiger partial charge in [0.15, 0.2) is 0 Å². The Bertz CT molecular complexity index is 141. The van der Waals surface area contributed by atoms with E-state index in [1.807, 2.05) is 0 Å². The zero-order valence-electron chi connectivity index (χ0n) is 5.55. The summed E-state index contributed by atoms with van der Waals surface area (Å²) in [6, 6.07) is 0. The summed E-state index contributed by atoms with van der Waals surface area (Å²) >= 11 is 0. The molecule has 0 saturated carbocycles. The van der Waals surface area contributed by atoms with Crippen LogP contribution in [0.5, 0.6) is 0 Å². The molecule has 0 heterocycles. The van der Waals surface area contributed by atoms with Gasteiger partial charge in [0, 0.05) is 12.5 Å². The molecule has 0 aromatic carbocycles. The third-order valence-electron chi connectivity index (χ3n) is 0.785. The van der Waals surface area contributed by atoms with E-state index in [1.165, 1.54) is 6.08 Å². The van der Waals surface area contributed by atoms with E-state index in [-0.39, 0.29) is 6.61 Å². The summed E-state index contributed by atoms with van der Waals surface area (Å²) < 4.78 is 15.8. The predicted octanol–water partition coefficient (Wildman–Crippen LogP) is 1.59. The number of halogens is 1. The molecule has 0 aliphatic rings. The molecule has 0 aromatic heterocycles. The lowest BCUT2D eigenvalue weighted by molar-refractivity contribution is -0.137. The predicted molar refractivity (Wildman–Crippen MR) is 36.0 cm³/mol. The summed E-state index contributed by atoms with van der Waals surface area (Å²) in [5.74, 6) is -0.479. The summed E-state index contributed by atoms with van der Waals surface area (Å²) in [5.41, 5.74) is 0. The van der Waals surface area contributed by atoms with Crippen molar-refractivity contribution >= 4 is 5.97 Å². The van der Waals surface area contributed by atoms with E-state index in [0.717, 1.165) is 6.08 Å². The Morgan fingerprint density at radius 3 is 2.90 bits per heavy atom. The molecule has 0 N–H and O–H groups in total. The van der Waals surface area contributed by atoms with E-state index in [9.17, 15) is 9.18 Å². The van der Waals surface area contributed by atoms with Gasteiger partial charge in [-0.2, -0.15) is 0 Å². The number of rotatable bonds is 4. The molecular weight excluding hydrogens is 135 g/mol. The van der Waals surface area contributed by atoms with Gasteiger partial charge >= 0.3 is 5.97 Å². The van der Waals surface area contributed by atoms with Crippen LogP contribution in [0.2, 0.25) is 0 Å². The first-order valence-corrected chi connectivity index (χ1v) is 2.85. The summed E-state index contributed by atoms with van der Waals surface area (Å²) in [6.45, 7) is 3.39. The third kappa shape index (κ3) is 5.03. The van der Waals surface area contributed by atoms with Crippen molar-refractivity contribution in [1.29, 1.82) is 0 Å². The highest BCUT2D eigenvalue weighted by Gasteiger charge is 1.91. The average Bonchev–Trinajstić information content (AvgIpc) is 1.98. The van der Waals surface area contributed by atoms with Gasteiger partial charge in [0.2, 0.25) is 0 Å². The van der Waals surface area contributed by atoms with Crippen molar-refractivity contribution < 1.29 is 13.9 Å². The Labute approximate surface area is 59.0 Å². The van der Waals surface area contributed by atoms with Crippen molar-refractivity contribution in [3.8, 4) is 0 Å². The van der Waals surface area contributed by atoms with Crippen molar-refractivity contribution in [2.45, 2.75) is 6.42 Å². The summed E-state index contributed by atoms with van der Waals surface area (Å²) in [5, 5.41) is 0. The number of hydrogen-bond donors (Lipinski definition) is 0. The largest absolute Gasteiger partial charge is 0.462 e. The van der Waals surface area contributed by atoms with E-state index in [2.05, 4.69) is 11.3 Å². The highest BCUT2D eigenvalue weighted by molar-refractivity contribution is 5.81. The normalized spacial score (nSPS) is 9.70. The maximum absolute atomic E-state index is 11.3. The highest BCUT2D eigenvalue weighted by Crippen LogP contribution is 1.86. The Hall–Kier alpha value is -1.12. The molecule has 10 heavy (non-hydrogen) atoms. The smallest absolute Gasteiger partial charge is 0.330 e. The van der Waals surface area contributed by atoms with Crippen LogP contribution in [0, 0.1) is 0 Å². The molecule has 0 aromatic rings. The Morgan fingerprint density at radius 1 is 1.70 bits per heavy atom. The highest BCUT2D eigenvalue weighted by atomic mass is 19.1. The van der Waals surface area contributed by atoms with Gasteiger partial charge in [-0.15, -0.1) is 0 Å². The van der Waals surface area contributed by atoms with Gasteiger partial charge < -0.3 is 4.74 Å². The van der Waals surface area contributed by atoms with Crippen LogP contribution < -0.4 is 0 Å². The number of ether oxygens (including phenoxy) is 1. The molecule has 0 fully saturated rings. The maximum Gasteiger partial charge on any atom is 0.330 e. The molecule has 0 spiro atoms. The fourth-order valence-electron chi connectivity index (χ4n) is 0.349. The first-order valence-electron chi connectivity index (χ1n) is 2.85. The van der Waals surface area contributed by atoms with Crippen LogP contribution in [0.4, 0.5) is 4.39 Å². The summed E-state index contributed by atoms with van der Waals surface area (Å²) in [6.07, 6.45) is 3.16. The minimum Gasteiger partial charge on any atom is -0.462 e. The Kier molecular flexibility index (Phi) is 5.33. The van der Waals surface area contributed by atoms with Crippen LogP contribution in [0.15, 0.2) is 25.1 Å². The molecule has 0 radical (unpaired) electrons. The van der Waals surface area contributed by atoms with Crippen molar-refractivity contribution in [3.63, 3.8) is 0 Å². The van der Waals surface area contributed by atoms with E-state index < -0.39 is 5.97 Å². The summed E-state index contributed by atoms with van der Waals surface area (Å²) in [7, 11) is 0. The quantitative estimate of drug-likeness (QED) is 0.340.